The Kier molecular flexibility index (Phi) is 5.27. The smallest absolute Gasteiger partial charge is 0.223 e. The molecule has 148 valence electrons. The molecule has 0 aromatic heterocycles. The van der Waals surface area contributed by atoms with Crippen LogP contribution in [0.5, 0.6) is 11.5 Å². The molecule has 0 spiro atoms. The monoisotopic (exact) mass is 379 g/mol. The zero-order valence-corrected chi connectivity index (χ0v) is 16.9. The number of aryl methyl sites for hydroxylation is 1. The van der Waals surface area contributed by atoms with Crippen molar-refractivity contribution >= 4 is 17.3 Å². The summed E-state index contributed by atoms with van der Waals surface area (Å²) in [6, 6.07) is 12.7. The molecule has 0 radical (unpaired) electrons. The largest absolute Gasteiger partial charge is 0.453 e. The van der Waals surface area contributed by atoms with Crippen molar-refractivity contribution in [2.45, 2.75) is 46.2 Å². The molecular formula is C23H29N3O2. The molecule has 2 N–H and O–H groups in total. The third kappa shape index (κ3) is 3.99. The second-order valence-electron chi connectivity index (χ2n) is 8.18. The molecule has 5 nitrogen and oxygen atoms in total. The van der Waals surface area contributed by atoms with Gasteiger partial charge in [-0.3, -0.25) is 4.79 Å². The SMILES string of the molecule is Cc1ccc2c(c1)Oc1cc(CNC(=O)C3CCN(C(C)C)CC3)ccc1N2. The number of ether oxygens (including phenoxy) is 1. The molecule has 5 heteroatoms. The maximum absolute atomic E-state index is 12.6. The van der Waals surface area contributed by atoms with Crippen LogP contribution >= 0.6 is 0 Å². The Morgan fingerprint density at radius 1 is 1.14 bits per heavy atom. The molecule has 28 heavy (non-hydrogen) atoms. The van der Waals surface area contributed by atoms with Crippen molar-refractivity contribution in [3.8, 4) is 11.5 Å². The van der Waals surface area contributed by atoms with Crippen LogP contribution < -0.4 is 15.4 Å². The molecule has 0 unspecified atom stereocenters. The zero-order chi connectivity index (χ0) is 19.7. The first-order chi connectivity index (χ1) is 13.5. The van der Waals surface area contributed by atoms with E-state index < -0.39 is 0 Å². The summed E-state index contributed by atoms with van der Waals surface area (Å²) >= 11 is 0. The number of fused-ring (bicyclic) bond motifs is 2. The van der Waals surface area contributed by atoms with Crippen LogP contribution in [-0.2, 0) is 11.3 Å². The van der Waals surface area contributed by atoms with E-state index in [0.29, 0.717) is 12.6 Å². The number of hydrogen-bond acceptors (Lipinski definition) is 4. The zero-order valence-electron chi connectivity index (χ0n) is 16.9. The average molecular weight is 380 g/mol. The van der Waals surface area contributed by atoms with Gasteiger partial charge < -0.3 is 20.3 Å². The summed E-state index contributed by atoms with van der Waals surface area (Å²) < 4.78 is 6.08. The van der Waals surface area contributed by atoms with Crippen molar-refractivity contribution in [3.05, 3.63) is 47.5 Å². The van der Waals surface area contributed by atoms with Gasteiger partial charge in [0.2, 0.25) is 5.91 Å². The number of likely N-dealkylation sites (tertiary alicyclic amines) is 1. The fourth-order valence-electron chi connectivity index (χ4n) is 3.96. The van der Waals surface area contributed by atoms with E-state index in [1.165, 1.54) is 0 Å². The molecule has 2 heterocycles. The van der Waals surface area contributed by atoms with Crippen molar-refractivity contribution in [3.63, 3.8) is 0 Å². The fraction of sp³-hybridized carbons (Fsp3) is 0.435. The number of anilines is 2. The van der Waals surface area contributed by atoms with E-state index in [0.717, 1.165) is 59.9 Å². The normalized spacial score (nSPS) is 16.7. The van der Waals surface area contributed by atoms with Gasteiger partial charge in [-0.25, -0.2) is 0 Å². The van der Waals surface area contributed by atoms with Gasteiger partial charge in [-0.15, -0.1) is 0 Å². The summed E-state index contributed by atoms with van der Waals surface area (Å²) in [6.45, 7) is 9.03. The molecule has 0 bridgehead atoms. The lowest BCUT2D eigenvalue weighted by atomic mass is 9.95. The Morgan fingerprint density at radius 3 is 2.54 bits per heavy atom. The Labute approximate surface area is 167 Å². The number of nitrogens with one attached hydrogen (secondary N) is 2. The highest BCUT2D eigenvalue weighted by atomic mass is 16.5. The van der Waals surface area contributed by atoms with Crippen molar-refractivity contribution in [1.82, 2.24) is 10.2 Å². The van der Waals surface area contributed by atoms with Crippen LogP contribution in [0.4, 0.5) is 11.4 Å². The minimum Gasteiger partial charge on any atom is -0.453 e. The van der Waals surface area contributed by atoms with E-state index in [4.69, 9.17) is 4.74 Å². The molecule has 2 aliphatic heterocycles. The summed E-state index contributed by atoms with van der Waals surface area (Å²) in [5, 5.41) is 6.52. The van der Waals surface area contributed by atoms with Crippen LogP contribution in [0.15, 0.2) is 36.4 Å². The van der Waals surface area contributed by atoms with E-state index in [2.05, 4.69) is 42.4 Å². The Morgan fingerprint density at radius 2 is 1.82 bits per heavy atom. The molecule has 2 aliphatic rings. The lowest BCUT2D eigenvalue weighted by molar-refractivity contribution is -0.126. The summed E-state index contributed by atoms with van der Waals surface area (Å²) in [7, 11) is 0. The minimum absolute atomic E-state index is 0.125. The molecule has 1 fully saturated rings. The van der Waals surface area contributed by atoms with Crippen LogP contribution in [0, 0.1) is 12.8 Å². The van der Waals surface area contributed by atoms with E-state index in [1.807, 2.05) is 30.3 Å². The first-order valence-corrected chi connectivity index (χ1v) is 10.2. The predicted octanol–water partition coefficient (Wildman–Crippen LogP) is 4.58. The molecule has 2 aromatic carbocycles. The maximum atomic E-state index is 12.6. The predicted molar refractivity (Wildman–Crippen MR) is 112 cm³/mol. The van der Waals surface area contributed by atoms with Crippen molar-refractivity contribution in [2.24, 2.45) is 5.92 Å². The molecule has 0 atom stereocenters. The number of nitrogens with zero attached hydrogens (tertiary/aromatic N) is 1. The van der Waals surface area contributed by atoms with Gasteiger partial charge in [0.05, 0.1) is 11.4 Å². The minimum atomic E-state index is 0.125. The number of hydrogen-bond donors (Lipinski definition) is 2. The highest BCUT2D eigenvalue weighted by Gasteiger charge is 2.26. The quantitative estimate of drug-likeness (QED) is 0.697. The van der Waals surface area contributed by atoms with Gasteiger partial charge in [0.15, 0.2) is 11.5 Å². The lowest BCUT2D eigenvalue weighted by Crippen LogP contribution is -2.42. The number of carbonyl (C=O) groups is 1. The van der Waals surface area contributed by atoms with Crippen LogP contribution in [0.1, 0.15) is 37.8 Å². The molecule has 0 saturated carbocycles. The van der Waals surface area contributed by atoms with Gasteiger partial charge in [0.25, 0.3) is 0 Å². The summed E-state index contributed by atoms with van der Waals surface area (Å²) in [6.07, 6.45) is 1.88. The summed E-state index contributed by atoms with van der Waals surface area (Å²) in [4.78, 5) is 15.0. The third-order valence-corrected chi connectivity index (χ3v) is 5.77. The number of rotatable bonds is 4. The van der Waals surface area contributed by atoms with Crippen molar-refractivity contribution in [1.29, 1.82) is 0 Å². The Balaban J connectivity index is 1.35. The van der Waals surface area contributed by atoms with Crippen LogP contribution in [0.25, 0.3) is 0 Å². The standard InChI is InChI=1S/C23H29N3O2/c1-15(2)26-10-8-18(9-11-26)23(27)24-14-17-5-7-20-22(13-17)28-21-12-16(3)4-6-19(21)25-20/h4-7,12-13,15,18,25H,8-11,14H2,1-3H3,(H,24,27). The van der Waals surface area contributed by atoms with Gasteiger partial charge in [-0.2, -0.15) is 0 Å². The van der Waals surface area contributed by atoms with E-state index in [9.17, 15) is 4.79 Å². The Bertz CT molecular complexity index is 870. The van der Waals surface area contributed by atoms with Gasteiger partial charge in [0.1, 0.15) is 0 Å². The first kappa shape index (κ1) is 18.8. The number of carbonyl (C=O) groups excluding carboxylic acids is 1. The average Bonchev–Trinajstić information content (AvgIpc) is 2.70. The summed E-state index contributed by atoms with van der Waals surface area (Å²) in [5.41, 5.74) is 4.14. The number of amides is 1. The number of piperidine rings is 1. The molecule has 0 aliphatic carbocycles. The van der Waals surface area contributed by atoms with E-state index in [-0.39, 0.29) is 11.8 Å². The van der Waals surface area contributed by atoms with Crippen molar-refractivity contribution < 1.29 is 9.53 Å². The van der Waals surface area contributed by atoms with E-state index in [1.54, 1.807) is 0 Å². The number of benzene rings is 2. The van der Waals surface area contributed by atoms with Gasteiger partial charge >= 0.3 is 0 Å². The molecule has 2 aromatic rings. The second-order valence-corrected chi connectivity index (χ2v) is 8.18. The van der Waals surface area contributed by atoms with Gasteiger partial charge in [-0.1, -0.05) is 12.1 Å². The van der Waals surface area contributed by atoms with Crippen LogP contribution in [-0.4, -0.2) is 29.9 Å². The Hall–Kier alpha value is -2.53. The summed E-state index contributed by atoms with van der Waals surface area (Å²) in [5.74, 6) is 1.93. The fourth-order valence-corrected chi connectivity index (χ4v) is 3.96. The van der Waals surface area contributed by atoms with Gasteiger partial charge in [-0.05, 0) is 82.1 Å². The molecular weight excluding hydrogens is 350 g/mol. The molecule has 4 rings (SSSR count). The van der Waals surface area contributed by atoms with E-state index >= 15 is 0 Å². The lowest BCUT2D eigenvalue weighted by Gasteiger charge is -2.34. The second kappa shape index (κ2) is 7.84. The van der Waals surface area contributed by atoms with Crippen molar-refractivity contribution in [2.75, 3.05) is 18.4 Å². The first-order valence-electron chi connectivity index (χ1n) is 10.2. The molecule has 1 saturated heterocycles. The highest BCUT2D eigenvalue weighted by molar-refractivity contribution is 5.79. The molecule has 1 amide bonds. The van der Waals surface area contributed by atoms with Gasteiger partial charge in [0, 0.05) is 18.5 Å². The van der Waals surface area contributed by atoms with Crippen LogP contribution in [0.3, 0.4) is 0 Å². The topological polar surface area (TPSA) is 53.6 Å². The highest BCUT2D eigenvalue weighted by Crippen LogP contribution is 2.42. The van der Waals surface area contributed by atoms with Crippen LogP contribution in [0.2, 0.25) is 0 Å². The maximum Gasteiger partial charge on any atom is 0.223 e. The third-order valence-electron chi connectivity index (χ3n) is 5.77.